The number of para-hydroxylation sites is 2. The van der Waals surface area contributed by atoms with Gasteiger partial charge < -0.3 is 15.0 Å². The molecular formula is C16H21N3O3. The molecule has 0 saturated heterocycles. The van der Waals surface area contributed by atoms with Gasteiger partial charge in [-0.25, -0.2) is 9.78 Å². The zero-order valence-electron chi connectivity index (χ0n) is 13.0. The molecular weight excluding hydrogens is 282 g/mol. The van der Waals surface area contributed by atoms with Gasteiger partial charge in [-0.2, -0.15) is 0 Å². The van der Waals surface area contributed by atoms with Gasteiger partial charge in [0.2, 0.25) is 5.91 Å². The van der Waals surface area contributed by atoms with Crippen molar-refractivity contribution in [2.75, 3.05) is 0 Å². The minimum atomic E-state index is -1.01. The molecule has 1 unspecified atom stereocenters. The average molecular weight is 303 g/mol. The lowest BCUT2D eigenvalue weighted by atomic mass is 10.0. The van der Waals surface area contributed by atoms with Crippen LogP contribution < -0.4 is 5.32 Å². The summed E-state index contributed by atoms with van der Waals surface area (Å²) in [6, 6.07) is 6.70. The molecule has 0 aliphatic rings. The number of carboxylic acids is 1. The molecule has 0 aliphatic carbocycles. The lowest BCUT2D eigenvalue weighted by Crippen LogP contribution is -2.43. The molecule has 22 heavy (non-hydrogen) atoms. The summed E-state index contributed by atoms with van der Waals surface area (Å²) < 4.78 is 1.79. The van der Waals surface area contributed by atoms with E-state index < -0.39 is 12.0 Å². The predicted molar refractivity (Wildman–Crippen MR) is 83.5 cm³/mol. The van der Waals surface area contributed by atoms with E-state index in [1.54, 1.807) is 4.57 Å². The van der Waals surface area contributed by atoms with Crippen LogP contribution in [0, 0.1) is 12.8 Å². The second kappa shape index (κ2) is 6.60. The standard InChI is InChI=1S/C16H21N3O3/c1-10(2)8-13(16(21)22)18-15(20)9-19-11(3)17-12-6-4-5-7-14(12)19/h4-7,10,13H,8-9H2,1-3H3,(H,18,20)(H,21,22). The Morgan fingerprint density at radius 1 is 1.32 bits per heavy atom. The smallest absolute Gasteiger partial charge is 0.326 e. The summed E-state index contributed by atoms with van der Waals surface area (Å²) in [6.07, 6.45) is 0.407. The Labute approximate surface area is 129 Å². The van der Waals surface area contributed by atoms with Crippen LogP contribution in [0.5, 0.6) is 0 Å². The molecule has 0 bridgehead atoms. The Bertz CT molecular complexity index is 691. The summed E-state index contributed by atoms with van der Waals surface area (Å²) in [6.45, 7) is 5.75. The van der Waals surface area contributed by atoms with Crippen molar-refractivity contribution < 1.29 is 14.7 Å². The van der Waals surface area contributed by atoms with E-state index in [0.29, 0.717) is 6.42 Å². The van der Waals surface area contributed by atoms with Gasteiger partial charge in [-0.05, 0) is 31.4 Å². The highest BCUT2D eigenvalue weighted by atomic mass is 16.4. The number of hydrogen-bond donors (Lipinski definition) is 2. The van der Waals surface area contributed by atoms with E-state index in [1.165, 1.54) is 0 Å². The molecule has 0 spiro atoms. The lowest BCUT2D eigenvalue weighted by molar-refractivity contribution is -0.142. The zero-order valence-corrected chi connectivity index (χ0v) is 13.0. The van der Waals surface area contributed by atoms with Crippen LogP contribution >= 0.6 is 0 Å². The molecule has 1 atom stereocenters. The predicted octanol–water partition coefficient (Wildman–Crippen LogP) is 1.96. The fraction of sp³-hybridized carbons (Fsp3) is 0.438. The topological polar surface area (TPSA) is 84.2 Å². The van der Waals surface area contributed by atoms with Crippen molar-refractivity contribution >= 4 is 22.9 Å². The Hall–Kier alpha value is -2.37. The molecule has 0 aliphatic heterocycles. The maximum Gasteiger partial charge on any atom is 0.326 e. The summed E-state index contributed by atoms with van der Waals surface area (Å²) >= 11 is 0. The number of amides is 1. The third-order valence-corrected chi connectivity index (χ3v) is 3.49. The second-order valence-electron chi connectivity index (χ2n) is 5.82. The molecule has 118 valence electrons. The zero-order chi connectivity index (χ0) is 16.3. The molecule has 0 saturated carbocycles. The number of nitrogens with zero attached hydrogens (tertiary/aromatic N) is 2. The maximum atomic E-state index is 12.2. The van der Waals surface area contributed by atoms with E-state index in [2.05, 4.69) is 10.3 Å². The number of hydrogen-bond acceptors (Lipinski definition) is 3. The molecule has 0 radical (unpaired) electrons. The van der Waals surface area contributed by atoms with E-state index in [-0.39, 0.29) is 18.4 Å². The van der Waals surface area contributed by atoms with Crippen molar-refractivity contribution in [2.45, 2.75) is 39.8 Å². The van der Waals surface area contributed by atoms with Gasteiger partial charge in [0.25, 0.3) is 0 Å². The minimum Gasteiger partial charge on any atom is -0.480 e. The number of aliphatic carboxylic acids is 1. The quantitative estimate of drug-likeness (QED) is 0.854. The normalized spacial score (nSPS) is 12.5. The highest BCUT2D eigenvalue weighted by Crippen LogP contribution is 2.15. The highest BCUT2D eigenvalue weighted by molar-refractivity contribution is 5.85. The van der Waals surface area contributed by atoms with E-state index in [4.69, 9.17) is 0 Å². The van der Waals surface area contributed by atoms with E-state index in [9.17, 15) is 14.7 Å². The van der Waals surface area contributed by atoms with Gasteiger partial charge in [0.1, 0.15) is 18.4 Å². The highest BCUT2D eigenvalue weighted by Gasteiger charge is 2.21. The first-order chi connectivity index (χ1) is 10.4. The molecule has 2 rings (SSSR count). The van der Waals surface area contributed by atoms with Crippen LogP contribution in [0.1, 0.15) is 26.1 Å². The summed E-state index contributed by atoms with van der Waals surface area (Å²) in [4.78, 5) is 27.8. The first-order valence-corrected chi connectivity index (χ1v) is 7.32. The Morgan fingerprint density at radius 3 is 2.64 bits per heavy atom. The largest absolute Gasteiger partial charge is 0.480 e. The first kappa shape index (κ1) is 16.0. The number of carbonyl (C=O) groups excluding carboxylic acids is 1. The molecule has 6 nitrogen and oxygen atoms in total. The molecule has 1 heterocycles. The molecule has 0 fully saturated rings. The second-order valence-corrected chi connectivity index (χ2v) is 5.82. The maximum absolute atomic E-state index is 12.2. The average Bonchev–Trinajstić information content (AvgIpc) is 2.74. The summed E-state index contributed by atoms with van der Waals surface area (Å²) in [5.74, 6) is -0.405. The van der Waals surface area contributed by atoms with Crippen LogP contribution in [0.15, 0.2) is 24.3 Å². The number of carbonyl (C=O) groups is 2. The Morgan fingerprint density at radius 2 is 2.00 bits per heavy atom. The van der Waals surface area contributed by atoms with E-state index in [1.807, 2.05) is 45.0 Å². The number of nitrogens with one attached hydrogen (secondary N) is 1. The van der Waals surface area contributed by atoms with Crippen LogP contribution in [-0.2, 0) is 16.1 Å². The number of carboxylic acid groups (broad SMARTS) is 1. The molecule has 1 aromatic carbocycles. The van der Waals surface area contributed by atoms with Gasteiger partial charge in [0, 0.05) is 0 Å². The van der Waals surface area contributed by atoms with Gasteiger partial charge >= 0.3 is 5.97 Å². The number of aryl methyl sites for hydroxylation is 1. The summed E-state index contributed by atoms with van der Waals surface area (Å²) in [5, 5.41) is 11.8. The molecule has 6 heteroatoms. The van der Waals surface area contributed by atoms with E-state index >= 15 is 0 Å². The molecule has 1 amide bonds. The monoisotopic (exact) mass is 303 g/mol. The van der Waals surface area contributed by atoms with Crippen molar-refractivity contribution in [1.29, 1.82) is 0 Å². The Kier molecular flexibility index (Phi) is 4.80. The number of imidazole rings is 1. The molecule has 1 aromatic heterocycles. The fourth-order valence-electron chi connectivity index (χ4n) is 2.47. The minimum absolute atomic E-state index is 0.0637. The van der Waals surface area contributed by atoms with Crippen LogP contribution in [0.25, 0.3) is 11.0 Å². The fourth-order valence-corrected chi connectivity index (χ4v) is 2.47. The van der Waals surface area contributed by atoms with Gasteiger partial charge in [-0.15, -0.1) is 0 Å². The van der Waals surface area contributed by atoms with Crippen LogP contribution in [0.2, 0.25) is 0 Å². The lowest BCUT2D eigenvalue weighted by Gasteiger charge is -2.17. The first-order valence-electron chi connectivity index (χ1n) is 7.32. The van der Waals surface area contributed by atoms with Crippen molar-refractivity contribution in [3.05, 3.63) is 30.1 Å². The van der Waals surface area contributed by atoms with Crippen molar-refractivity contribution in [3.8, 4) is 0 Å². The van der Waals surface area contributed by atoms with E-state index in [0.717, 1.165) is 16.9 Å². The number of rotatable bonds is 6. The third kappa shape index (κ3) is 3.63. The Balaban J connectivity index is 2.13. The van der Waals surface area contributed by atoms with Gasteiger partial charge in [-0.3, -0.25) is 4.79 Å². The number of fused-ring (bicyclic) bond motifs is 1. The van der Waals surface area contributed by atoms with Crippen molar-refractivity contribution in [1.82, 2.24) is 14.9 Å². The van der Waals surface area contributed by atoms with Crippen molar-refractivity contribution in [2.24, 2.45) is 5.92 Å². The van der Waals surface area contributed by atoms with Gasteiger partial charge in [0.05, 0.1) is 11.0 Å². The van der Waals surface area contributed by atoms with Crippen LogP contribution in [0.4, 0.5) is 0 Å². The summed E-state index contributed by atoms with van der Waals surface area (Å²) in [5.41, 5.74) is 1.69. The van der Waals surface area contributed by atoms with Gasteiger partial charge in [0.15, 0.2) is 0 Å². The van der Waals surface area contributed by atoms with Gasteiger partial charge in [-0.1, -0.05) is 26.0 Å². The summed E-state index contributed by atoms with van der Waals surface area (Å²) in [7, 11) is 0. The number of benzene rings is 1. The van der Waals surface area contributed by atoms with Crippen LogP contribution in [0.3, 0.4) is 0 Å². The number of aromatic nitrogens is 2. The van der Waals surface area contributed by atoms with Crippen molar-refractivity contribution in [3.63, 3.8) is 0 Å². The molecule has 2 N–H and O–H groups in total. The SMILES string of the molecule is Cc1nc2ccccc2n1CC(=O)NC(CC(C)C)C(=O)O. The third-order valence-electron chi connectivity index (χ3n) is 3.49. The van der Waals surface area contributed by atoms with Crippen LogP contribution in [-0.4, -0.2) is 32.6 Å². The molecule has 2 aromatic rings.